The molecule has 0 unspecified atom stereocenters. The quantitative estimate of drug-likeness (QED) is 0.167. The molecule has 0 amide bonds. The molecule has 13 aromatic rings. The average molecular weight is 822 g/mol. The summed E-state index contributed by atoms with van der Waals surface area (Å²) in [6.45, 7) is 4.62. The van der Waals surface area contributed by atoms with E-state index in [4.69, 9.17) is 19.4 Å². The molecule has 3 aromatic heterocycles. The Kier molecular flexibility index (Phi) is 7.02. The summed E-state index contributed by atoms with van der Waals surface area (Å²) in [5.41, 5.74) is 9.11. The lowest BCUT2D eigenvalue weighted by atomic mass is 9.81. The SMILES string of the molecule is CC1(C)c2ccccc2-c2c1cc(-c1nc(-c3ccc4sc5ccccc5c4c3)nc(-c3ccc4ccc5ccc6c7ccccc7ccc6c5c4c3)n1)c1c2oc2ccccc21. The number of nitrogens with zero attached hydrogens (tertiary/aromatic N) is 3. The lowest BCUT2D eigenvalue weighted by Gasteiger charge is -2.22. The van der Waals surface area contributed by atoms with E-state index < -0.39 is 0 Å². The van der Waals surface area contributed by atoms with Gasteiger partial charge in [-0.2, -0.15) is 0 Å². The molecular formula is C58H35N3OS. The van der Waals surface area contributed by atoms with Crippen molar-refractivity contribution in [1.82, 2.24) is 15.0 Å². The topological polar surface area (TPSA) is 51.8 Å². The predicted molar refractivity (Wildman–Crippen MR) is 264 cm³/mol. The van der Waals surface area contributed by atoms with E-state index in [0.717, 1.165) is 44.2 Å². The average Bonchev–Trinajstić information content (AvgIpc) is 3.98. The van der Waals surface area contributed by atoms with Gasteiger partial charge in [0.05, 0.1) is 0 Å². The minimum Gasteiger partial charge on any atom is -0.455 e. The van der Waals surface area contributed by atoms with E-state index in [1.165, 1.54) is 80.0 Å². The van der Waals surface area contributed by atoms with Crippen LogP contribution < -0.4 is 0 Å². The van der Waals surface area contributed by atoms with Gasteiger partial charge in [-0.05, 0) is 102 Å². The van der Waals surface area contributed by atoms with Gasteiger partial charge in [-0.1, -0.05) is 147 Å². The number of hydrogen-bond acceptors (Lipinski definition) is 5. The number of para-hydroxylation sites is 1. The van der Waals surface area contributed by atoms with Crippen LogP contribution in [-0.4, -0.2) is 15.0 Å². The highest BCUT2D eigenvalue weighted by atomic mass is 32.1. The van der Waals surface area contributed by atoms with Crippen molar-refractivity contribution in [3.05, 3.63) is 187 Å². The summed E-state index contributed by atoms with van der Waals surface area (Å²) in [6, 6.07) is 63.5. The molecule has 0 N–H and O–H groups in total. The number of hydrogen-bond donors (Lipinski definition) is 0. The fraction of sp³-hybridized carbons (Fsp3) is 0.0517. The minimum atomic E-state index is -0.273. The highest BCUT2D eigenvalue weighted by Gasteiger charge is 2.39. The molecule has 0 fully saturated rings. The van der Waals surface area contributed by atoms with Gasteiger partial charge in [-0.3, -0.25) is 0 Å². The van der Waals surface area contributed by atoms with Crippen LogP contribution in [0.2, 0.25) is 0 Å². The normalized spacial score (nSPS) is 13.4. The molecule has 10 aromatic carbocycles. The molecule has 0 atom stereocenters. The maximum atomic E-state index is 6.90. The summed E-state index contributed by atoms with van der Waals surface area (Å²) in [7, 11) is 0. The zero-order valence-electron chi connectivity index (χ0n) is 34.4. The van der Waals surface area contributed by atoms with Crippen LogP contribution in [0, 0.1) is 0 Å². The van der Waals surface area contributed by atoms with Crippen LogP contribution in [0.5, 0.6) is 0 Å². The fourth-order valence-electron chi connectivity index (χ4n) is 10.6. The van der Waals surface area contributed by atoms with E-state index in [2.05, 4.69) is 184 Å². The van der Waals surface area contributed by atoms with Gasteiger partial charge in [0.15, 0.2) is 17.5 Å². The van der Waals surface area contributed by atoms with Crippen LogP contribution in [0.15, 0.2) is 180 Å². The van der Waals surface area contributed by atoms with Crippen molar-refractivity contribution in [3.63, 3.8) is 0 Å². The van der Waals surface area contributed by atoms with Gasteiger partial charge in [0.25, 0.3) is 0 Å². The summed E-state index contributed by atoms with van der Waals surface area (Å²) < 4.78 is 9.40. The first-order valence-electron chi connectivity index (χ1n) is 21.5. The van der Waals surface area contributed by atoms with E-state index in [1.807, 2.05) is 17.4 Å². The monoisotopic (exact) mass is 821 g/mol. The Morgan fingerprint density at radius 3 is 1.92 bits per heavy atom. The molecule has 0 spiro atoms. The van der Waals surface area contributed by atoms with Gasteiger partial charge in [0.1, 0.15) is 11.2 Å². The molecule has 0 bridgehead atoms. The Morgan fingerprint density at radius 2 is 1.03 bits per heavy atom. The number of benzene rings is 10. The van der Waals surface area contributed by atoms with Crippen LogP contribution in [-0.2, 0) is 5.41 Å². The summed E-state index contributed by atoms with van der Waals surface area (Å²) in [6.07, 6.45) is 0. The molecule has 14 rings (SSSR count). The van der Waals surface area contributed by atoms with Crippen molar-refractivity contribution >= 4 is 96.5 Å². The Bertz CT molecular complexity index is 4140. The summed E-state index contributed by atoms with van der Waals surface area (Å²) in [4.78, 5) is 16.3. The van der Waals surface area contributed by atoms with Crippen molar-refractivity contribution in [2.24, 2.45) is 0 Å². The van der Waals surface area contributed by atoms with E-state index >= 15 is 0 Å². The molecule has 5 heteroatoms. The summed E-state index contributed by atoms with van der Waals surface area (Å²) in [5.74, 6) is 1.87. The third kappa shape index (κ3) is 4.94. The smallest absolute Gasteiger partial charge is 0.164 e. The number of rotatable bonds is 3. The maximum absolute atomic E-state index is 6.90. The lowest BCUT2D eigenvalue weighted by Crippen LogP contribution is -2.15. The Hall–Kier alpha value is -7.73. The number of fused-ring (bicyclic) bond motifs is 17. The molecule has 63 heavy (non-hydrogen) atoms. The highest BCUT2D eigenvalue weighted by molar-refractivity contribution is 7.25. The first-order valence-corrected chi connectivity index (χ1v) is 22.3. The Morgan fingerprint density at radius 1 is 0.413 bits per heavy atom. The summed E-state index contributed by atoms with van der Waals surface area (Å²) >= 11 is 1.81. The van der Waals surface area contributed by atoms with E-state index in [9.17, 15) is 0 Å². The largest absolute Gasteiger partial charge is 0.455 e. The van der Waals surface area contributed by atoms with E-state index in [1.54, 1.807) is 0 Å². The third-order valence-corrected chi connectivity index (χ3v) is 14.8. The molecule has 0 radical (unpaired) electrons. The molecular weight excluding hydrogens is 787 g/mol. The zero-order chi connectivity index (χ0) is 41.6. The Balaban J connectivity index is 1.07. The highest BCUT2D eigenvalue weighted by Crippen LogP contribution is 2.54. The second kappa shape index (κ2) is 12.7. The van der Waals surface area contributed by atoms with Crippen molar-refractivity contribution < 1.29 is 4.42 Å². The first kappa shape index (κ1) is 34.9. The molecule has 0 saturated carbocycles. The van der Waals surface area contributed by atoms with E-state index in [-0.39, 0.29) is 5.41 Å². The lowest BCUT2D eigenvalue weighted by molar-refractivity contribution is 0.653. The predicted octanol–water partition coefficient (Wildman–Crippen LogP) is 16.1. The second-order valence-electron chi connectivity index (χ2n) is 17.5. The zero-order valence-corrected chi connectivity index (χ0v) is 35.2. The van der Waals surface area contributed by atoms with Crippen LogP contribution in [0.4, 0.5) is 0 Å². The van der Waals surface area contributed by atoms with Crippen LogP contribution in [0.3, 0.4) is 0 Å². The van der Waals surface area contributed by atoms with Crippen molar-refractivity contribution in [2.45, 2.75) is 19.3 Å². The fourth-order valence-corrected chi connectivity index (χ4v) is 11.7. The Labute approximate surface area is 365 Å². The second-order valence-corrected chi connectivity index (χ2v) is 18.6. The standard InChI is InChI=1S/C58H35N3OS/c1-58(2)46-16-8-5-14-41(46)53-47(58)31-45(52-42-15-6-9-17-48(42)62-54(52)53)57-60-55(59-56(61-57)36-25-28-50-44(30-36)39-13-7-10-18-49(39)63-50)35-22-20-33-19-21-34-24-26-38-37-12-4-3-11-32(37)23-27-40(38)51(34)43(33)29-35/h3-31H,1-2H3. The maximum Gasteiger partial charge on any atom is 0.164 e. The molecule has 3 heterocycles. The van der Waals surface area contributed by atoms with E-state index in [0.29, 0.717) is 17.5 Å². The van der Waals surface area contributed by atoms with Crippen molar-refractivity contribution in [2.75, 3.05) is 0 Å². The number of thiophene rings is 1. The van der Waals surface area contributed by atoms with Gasteiger partial charge in [0, 0.05) is 58.6 Å². The van der Waals surface area contributed by atoms with Crippen LogP contribution in [0.25, 0.3) is 130 Å². The molecule has 1 aliphatic carbocycles. The minimum absolute atomic E-state index is 0.273. The molecule has 1 aliphatic rings. The van der Waals surface area contributed by atoms with Gasteiger partial charge in [0.2, 0.25) is 0 Å². The van der Waals surface area contributed by atoms with Crippen LogP contribution >= 0.6 is 11.3 Å². The van der Waals surface area contributed by atoms with Gasteiger partial charge in [-0.25, -0.2) is 15.0 Å². The van der Waals surface area contributed by atoms with Gasteiger partial charge >= 0.3 is 0 Å². The van der Waals surface area contributed by atoms with Gasteiger partial charge < -0.3 is 4.42 Å². The summed E-state index contributed by atoms with van der Waals surface area (Å²) in [5, 5.41) is 14.2. The van der Waals surface area contributed by atoms with Crippen LogP contribution in [0.1, 0.15) is 25.0 Å². The first-order chi connectivity index (χ1) is 31.0. The number of furan rings is 1. The molecule has 294 valence electrons. The third-order valence-electron chi connectivity index (χ3n) is 13.7. The van der Waals surface area contributed by atoms with Crippen molar-refractivity contribution in [1.29, 1.82) is 0 Å². The van der Waals surface area contributed by atoms with Crippen molar-refractivity contribution in [3.8, 4) is 45.3 Å². The molecule has 0 aliphatic heterocycles. The molecule has 4 nitrogen and oxygen atoms in total. The van der Waals surface area contributed by atoms with Gasteiger partial charge in [-0.15, -0.1) is 11.3 Å². The molecule has 0 saturated heterocycles. The number of aromatic nitrogens is 3.